The largest absolute Gasteiger partial charge is 0.741 e. The summed E-state index contributed by atoms with van der Waals surface area (Å²) < 4.78 is 58.9. The number of ketones is 1. The fraction of sp³-hybridized carbons (Fsp3) is 0.211. The van der Waals surface area contributed by atoms with Crippen molar-refractivity contribution >= 4 is 37.8 Å². The summed E-state index contributed by atoms with van der Waals surface area (Å²) in [5.74, 6) is 0.108. The minimum atomic E-state index is -6.09. The zero-order valence-corrected chi connectivity index (χ0v) is 17.0. The summed E-state index contributed by atoms with van der Waals surface area (Å²) in [6, 6.07) is 18.1. The van der Waals surface area contributed by atoms with Gasteiger partial charge in [-0.25, -0.2) is 8.42 Å². The van der Waals surface area contributed by atoms with Crippen LogP contribution in [0.1, 0.15) is 28.4 Å². The number of carbonyl (C=O) groups is 1. The van der Waals surface area contributed by atoms with Gasteiger partial charge >= 0.3 is 5.51 Å². The third kappa shape index (κ3) is 7.14. The van der Waals surface area contributed by atoms with Crippen LogP contribution in [0.3, 0.4) is 0 Å². The van der Waals surface area contributed by atoms with E-state index in [2.05, 4.69) is 30.7 Å². The van der Waals surface area contributed by atoms with Crippen LogP contribution in [-0.4, -0.2) is 36.8 Å². The van der Waals surface area contributed by atoms with Gasteiger partial charge < -0.3 is 4.55 Å². The van der Waals surface area contributed by atoms with Crippen molar-refractivity contribution in [2.45, 2.75) is 12.4 Å². The van der Waals surface area contributed by atoms with Crippen molar-refractivity contribution < 1.29 is 30.9 Å². The Balaban J connectivity index is 0.000000416. The highest BCUT2D eigenvalue weighted by molar-refractivity contribution is 8.04. The zero-order chi connectivity index (χ0) is 21.5. The molecular formula is C19H19F3O4S2. The fourth-order valence-corrected chi connectivity index (χ4v) is 3.09. The molecule has 0 atom stereocenters. The van der Waals surface area contributed by atoms with Gasteiger partial charge in [0.2, 0.25) is 0 Å². The van der Waals surface area contributed by atoms with Crippen molar-refractivity contribution in [3.63, 3.8) is 0 Å². The second kappa shape index (κ2) is 9.90. The summed E-state index contributed by atoms with van der Waals surface area (Å²) in [6.07, 6.45) is 6.56. The molecule has 0 aromatic heterocycles. The van der Waals surface area contributed by atoms with Crippen LogP contribution in [0.2, 0.25) is 0 Å². The Morgan fingerprint density at radius 1 is 1.00 bits per heavy atom. The van der Waals surface area contributed by atoms with Crippen molar-refractivity contribution in [3.05, 3.63) is 71.3 Å². The molecule has 0 amide bonds. The lowest BCUT2D eigenvalue weighted by molar-refractivity contribution is -0.0517. The van der Waals surface area contributed by atoms with Gasteiger partial charge in [-0.1, -0.05) is 42.5 Å². The van der Waals surface area contributed by atoms with Crippen LogP contribution in [0.5, 0.6) is 0 Å². The van der Waals surface area contributed by atoms with Crippen LogP contribution in [0.4, 0.5) is 13.2 Å². The van der Waals surface area contributed by atoms with Gasteiger partial charge in [0.05, 0.1) is 0 Å². The Bertz CT molecular complexity index is 935. The Labute approximate surface area is 165 Å². The number of Topliss-reactive ketones (excluding diaryl/α,β-unsaturated/α-hetero) is 1. The van der Waals surface area contributed by atoms with E-state index in [1.54, 1.807) is 6.92 Å². The number of halogens is 3. The van der Waals surface area contributed by atoms with Crippen molar-refractivity contribution in [3.8, 4) is 0 Å². The maximum absolute atomic E-state index is 11.7. The van der Waals surface area contributed by atoms with Crippen molar-refractivity contribution in [1.29, 1.82) is 0 Å². The summed E-state index contributed by atoms with van der Waals surface area (Å²) in [4.78, 5) is 13.0. The molecular weight excluding hydrogens is 413 g/mol. The standard InChI is InChI=1S/C18H19OS.CHF3O3S/c1-14(19)17-12-8-7-11-16(17)13-18(20(2)3)15-9-5-4-6-10-15;2-1(3,4)8(5,6)7/h4-13H,1-3H3;(H,5,6,7)/q+1;/p-1/b18-13-;. The molecule has 0 spiro atoms. The van der Waals surface area contributed by atoms with E-state index in [0.717, 1.165) is 11.1 Å². The zero-order valence-electron chi connectivity index (χ0n) is 15.4. The van der Waals surface area contributed by atoms with Crippen LogP contribution in [0.25, 0.3) is 11.0 Å². The molecule has 0 aliphatic heterocycles. The van der Waals surface area contributed by atoms with Crippen LogP contribution < -0.4 is 0 Å². The maximum atomic E-state index is 11.7. The summed E-state index contributed by atoms with van der Waals surface area (Å²) in [5.41, 5.74) is -2.64. The van der Waals surface area contributed by atoms with Gasteiger partial charge in [-0.3, -0.25) is 4.79 Å². The molecule has 9 heteroatoms. The van der Waals surface area contributed by atoms with Gasteiger partial charge in [0.15, 0.2) is 20.8 Å². The summed E-state index contributed by atoms with van der Waals surface area (Å²) >= 11 is 0. The molecule has 2 rings (SSSR count). The first kappa shape index (κ1) is 23.9. The Kier molecular flexibility index (Phi) is 8.47. The lowest BCUT2D eigenvalue weighted by Gasteiger charge is -2.08. The lowest BCUT2D eigenvalue weighted by Crippen LogP contribution is -2.21. The van der Waals surface area contributed by atoms with E-state index >= 15 is 0 Å². The predicted octanol–water partition coefficient (Wildman–Crippen LogP) is 4.32. The van der Waals surface area contributed by atoms with Gasteiger partial charge in [0.25, 0.3) is 0 Å². The molecule has 0 saturated heterocycles. The fourth-order valence-electron chi connectivity index (χ4n) is 2.12. The van der Waals surface area contributed by atoms with Gasteiger partial charge in [0, 0.05) is 28.1 Å². The van der Waals surface area contributed by atoms with Crippen LogP contribution in [-0.2, 0) is 21.0 Å². The third-order valence-electron chi connectivity index (χ3n) is 3.41. The molecule has 2 aromatic carbocycles. The molecule has 0 N–H and O–H groups in total. The summed E-state index contributed by atoms with van der Waals surface area (Å²) in [5, 5.41) is 0. The molecule has 2 aromatic rings. The molecule has 28 heavy (non-hydrogen) atoms. The van der Waals surface area contributed by atoms with E-state index in [-0.39, 0.29) is 16.7 Å². The molecule has 0 heterocycles. The van der Waals surface area contributed by atoms with Crippen molar-refractivity contribution in [2.24, 2.45) is 0 Å². The normalized spacial score (nSPS) is 12.4. The predicted molar refractivity (Wildman–Crippen MR) is 106 cm³/mol. The lowest BCUT2D eigenvalue weighted by atomic mass is 10.0. The highest BCUT2D eigenvalue weighted by atomic mass is 32.2. The average Bonchev–Trinajstić information content (AvgIpc) is 2.59. The minimum Gasteiger partial charge on any atom is -0.741 e. The van der Waals surface area contributed by atoms with Gasteiger partial charge in [-0.15, -0.1) is 0 Å². The van der Waals surface area contributed by atoms with Gasteiger partial charge in [-0.2, -0.15) is 13.2 Å². The van der Waals surface area contributed by atoms with Crippen LogP contribution in [0.15, 0.2) is 54.6 Å². The summed E-state index contributed by atoms with van der Waals surface area (Å²) in [7, 11) is -5.97. The minimum absolute atomic E-state index is 0.108. The first-order valence-corrected chi connectivity index (χ1v) is 11.3. The first-order chi connectivity index (χ1) is 12.8. The second-order valence-electron chi connectivity index (χ2n) is 5.73. The van der Waals surface area contributed by atoms with E-state index < -0.39 is 15.6 Å². The Hall–Kier alpha value is -2.10. The molecule has 0 fully saturated rings. The Morgan fingerprint density at radius 2 is 1.46 bits per heavy atom. The molecule has 0 aliphatic rings. The number of rotatable bonds is 4. The van der Waals surface area contributed by atoms with E-state index in [1.807, 2.05) is 42.5 Å². The van der Waals surface area contributed by atoms with Crippen LogP contribution >= 0.6 is 0 Å². The van der Waals surface area contributed by atoms with Gasteiger partial charge in [0.1, 0.15) is 12.5 Å². The molecule has 0 bridgehead atoms. The van der Waals surface area contributed by atoms with Crippen molar-refractivity contribution in [2.75, 3.05) is 12.5 Å². The second-order valence-corrected chi connectivity index (χ2v) is 9.18. The smallest absolute Gasteiger partial charge is 0.485 e. The highest BCUT2D eigenvalue weighted by Crippen LogP contribution is 2.25. The van der Waals surface area contributed by atoms with E-state index in [1.165, 1.54) is 10.5 Å². The number of benzene rings is 2. The molecule has 0 radical (unpaired) electrons. The maximum Gasteiger partial charge on any atom is 0.485 e. The van der Waals surface area contributed by atoms with E-state index in [0.29, 0.717) is 0 Å². The van der Waals surface area contributed by atoms with E-state index in [4.69, 9.17) is 13.0 Å². The van der Waals surface area contributed by atoms with Gasteiger partial charge in [-0.05, 0) is 24.6 Å². The average molecular weight is 432 g/mol. The number of alkyl halides is 3. The molecule has 0 saturated carbocycles. The monoisotopic (exact) mass is 432 g/mol. The Morgan fingerprint density at radius 3 is 1.89 bits per heavy atom. The molecule has 0 unspecified atom stereocenters. The van der Waals surface area contributed by atoms with E-state index in [9.17, 15) is 18.0 Å². The first-order valence-electron chi connectivity index (χ1n) is 7.81. The summed E-state index contributed by atoms with van der Waals surface area (Å²) in [6.45, 7) is 1.62. The third-order valence-corrected chi connectivity index (χ3v) is 5.21. The quantitative estimate of drug-likeness (QED) is 0.237. The number of hydrogen-bond acceptors (Lipinski definition) is 4. The van der Waals surface area contributed by atoms with Crippen LogP contribution in [0, 0.1) is 0 Å². The SMILES string of the molecule is CC(=O)c1ccccc1/C=C(/c1ccccc1)[S+](C)C.O=S(=O)([O-])C(F)(F)F. The van der Waals surface area contributed by atoms with Crippen molar-refractivity contribution in [1.82, 2.24) is 0 Å². The topological polar surface area (TPSA) is 74.3 Å². The highest BCUT2D eigenvalue weighted by Gasteiger charge is 2.36. The molecule has 0 aliphatic carbocycles. The molecule has 4 nitrogen and oxygen atoms in total. The number of carbonyl (C=O) groups excluding carboxylic acids is 1. The number of hydrogen-bond donors (Lipinski definition) is 0. The molecule has 152 valence electrons.